The molecule has 4 heteroatoms. The molecule has 104 valence electrons. The molecular weight excluding hydrogens is 266 g/mol. The minimum atomic E-state index is 0.0385. The normalized spacial score (nSPS) is 14.6. The van der Waals surface area contributed by atoms with E-state index in [1.54, 1.807) is 11.3 Å². The first kappa shape index (κ1) is 13.3. The maximum atomic E-state index is 6.29. The molecule has 2 atom stereocenters. The van der Waals surface area contributed by atoms with E-state index in [0.717, 1.165) is 17.8 Å². The zero-order chi connectivity index (χ0) is 14.1. The maximum Gasteiger partial charge on any atom is 0.110 e. The van der Waals surface area contributed by atoms with Gasteiger partial charge in [-0.1, -0.05) is 25.1 Å². The lowest BCUT2D eigenvalue weighted by Crippen LogP contribution is -2.30. The van der Waals surface area contributed by atoms with Crippen LogP contribution in [0.3, 0.4) is 0 Å². The summed E-state index contributed by atoms with van der Waals surface area (Å²) in [5.41, 5.74) is 8.51. The highest BCUT2D eigenvalue weighted by atomic mass is 32.1. The Morgan fingerprint density at radius 1 is 1.25 bits per heavy atom. The third-order valence-electron chi connectivity index (χ3n) is 3.60. The van der Waals surface area contributed by atoms with E-state index >= 15 is 0 Å². The zero-order valence-electron chi connectivity index (χ0n) is 11.8. The molecule has 0 bridgehead atoms. The molecule has 20 heavy (non-hydrogen) atoms. The van der Waals surface area contributed by atoms with Crippen LogP contribution in [0.15, 0.2) is 41.8 Å². The van der Waals surface area contributed by atoms with Crippen LogP contribution in [0.1, 0.15) is 30.6 Å². The Morgan fingerprint density at radius 3 is 2.70 bits per heavy atom. The van der Waals surface area contributed by atoms with Crippen molar-refractivity contribution in [2.75, 3.05) is 0 Å². The summed E-state index contributed by atoms with van der Waals surface area (Å²) < 4.78 is 2.31. The van der Waals surface area contributed by atoms with Crippen molar-refractivity contribution >= 4 is 22.4 Å². The zero-order valence-corrected chi connectivity index (χ0v) is 12.6. The summed E-state index contributed by atoms with van der Waals surface area (Å²) in [6.45, 7) is 4.21. The molecule has 0 radical (unpaired) electrons. The van der Waals surface area contributed by atoms with Crippen LogP contribution in [0.25, 0.3) is 11.0 Å². The fourth-order valence-corrected chi connectivity index (χ4v) is 3.67. The Bertz CT molecular complexity index is 698. The third kappa shape index (κ3) is 2.15. The maximum absolute atomic E-state index is 6.29. The highest BCUT2D eigenvalue weighted by Crippen LogP contribution is 2.31. The molecule has 2 aromatic heterocycles. The number of thiophene rings is 1. The van der Waals surface area contributed by atoms with Gasteiger partial charge in [0.15, 0.2) is 0 Å². The summed E-state index contributed by atoms with van der Waals surface area (Å²) in [6.07, 6.45) is 0.906. The van der Waals surface area contributed by atoms with Crippen LogP contribution in [0.2, 0.25) is 0 Å². The lowest BCUT2D eigenvalue weighted by Gasteiger charge is -2.24. The van der Waals surface area contributed by atoms with Gasteiger partial charge >= 0.3 is 0 Å². The van der Waals surface area contributed by atoms with Crippen molar-refractivity contribution in [1.82, 2.24) is 9.55 Å². The third-order valence-corrected chi connectivity index (χ3v) is 4.54. The van der Waals surface area contributed by atoms with E-state index in [2.05, 4.69) is 54.1 Å². The van der Waals surface area contributed by atoms with Crippen LogP contribution in [0, 0.1) is 0 Å². The number of imidazole rings is 1. The molecule has 0 aliphatic rings. The molecule has 2 N–H and O–H groups in total. The van der Waals surface area contributed by atoms with E-state index in [4.69, 9.17) is 10.7 Å². The quantitative estimate of drug-likeness (QED) is 0.796. The first-order valence-electron chi connectivity index (χ1n) is 6.97. The number of benzene rings is 1. The van der Waals surface area contributed by atoms with Gasteiger partial charge in [-0.05, 0) is 30.5 Å². The number of hydrogen-bond acceptors (Lipinski definition) is 3. The van der Waals surface area contributed by atoms with Crippen molar-refractivity contribution in [3.63, 3.8) is 0 Å². The monoisotopic (exact) mass is 285 g/mol. The molecule has 2 heterocycles. The van der Waals surface area contributed by atoms with Crippen molar-refractivity contribution in [1.29, 1.82) is 0 Å². The molecular formula is C16H19N3S. The lowest BCUT2D eigenvalue weighted by molar-refractivity contribution is 0.499. The van der Waals surface area contributed by atoms with Gasteiger partial charge in [-0.2, -0.15) is 0 Å². The van der Waals surface area contributed by atoms with E-state index in [-0.39, 0.29) is 12.1 Å². The van der Waals surface area contributed by atoms with Crippen LogP contribution in [0.5, 0.6) is 0 Å². The van der Waals surface area contributed by atoms with Crippen molar-refractivity contribution in [2.45, 2.75) is 32.4 Å². The molecule has 0 spiro atoms. The second-order valence-electron chi connectivity index (χ2n) is 5.06. The van der Waals surface area contributed by atoms with Crippen LogP contribution in [-0.4, -0.2) is 15.6 Å². The van der Waals surface area contributed by atoms with Gasteiger partial charge in [-0.15, -0.1) is 11.3 Å². The average molecular weight is 285 g/mol. The van der Waals surface area contributed by atoms with Crippen molar-refractivity contribution in [3.8, 4) is 0 Å². The summed E-state index contributed by atoms with van der Waals surface area (Å²) >= 11 is 1.76. The van der Waals surface area contributed by atoms with E-state index in [0.29, 0.717) is 0 Å². The van der Waals surface area contributed by atoms with E-state index < -0.39 is 0 Å². The first-order valence-corrected chi connectivity index (χ1v) is 7.85. The van der Waals surface area contributed by atoms with Crippen LogP contribution < -0.4 is 5.73 Å². The Kier molecular flexibility index (Phi) is 3.59. The first-order chi connectivity index (χ1) is 9.72. The van der Waals surface area contributed by atoms with Gasteiger partial charge in [-0.25, -0.2) is 4.98 Å². The van der Waals surface area contributed by atoms with Crippen LogP contribution in [0.4, 0.5) is 0 Å². The van der Waals surface area contributed by atoms with Crippen molar-refractivity contribution in [2.24, 2.45) is 5.73 Å². The van der Waals surface area contributed by atoms with Crippen molar-refractivity contribution < 1.29 is 0 Å². The lowest BCUT2D eigenvalue weighted by atomic mass is 10.1. The number of rotatable bonds is 4. The summed E-state index contributed by atoms with van der Waals surface area (Å²) in [4.78, 5) is 6.05. The number of nitrogens with two attached hydrogens (primary N) is 1. The fraction of sp³-hybridized carbons (Fsp3) is 0.312. The molecule has 1 aromatic carbocycles. The standard InChI is InChI=1S/C16H19N3S/c1-3-15-18-12-7-4-5-8-13(12)19(15)16(11(2)17)14-9-6-10-20-14/h4-11,16H,3,17H2,1-2H3. The number of hydrogen-bond donors (Lipinski definition) is 1. The Labute approximate surface area is 123 Å². The molecule has 3 nitrogen and oxygen atoms in total. The van der Waals surface area contributed by atoms with Gasteiger partial charge in [0.25, 0.3) is 0 Å². The topological polar surface area (TPSA) is 43.8 Å². The molecule has 0 aliphatic heterocycles. The number of aromatic nitrogens is 2. The summed E-state index contributed by atoms with van der Waals surface area (Å²) in [5.74, 6) is 1.10. The highest BCUT2D eigenvalue weighted by molar-refractivity contribution is 7.10. The highest BCUT2D eigenvalue weighted by Gasteiger charge is 2.24. The van der Waals surface area contributed by atoms with Gasteiger partial charge in [0.2, 0.25) is 0 Å². The molecule has 2 unspecified atom stereocenters. The van der Waals surface area contributed by atoms with Crippen LogP contribution >= 0.6 is 11.3 Å². The number of para-hydroxylation sites is 2. The Balaban J connectivity index is 2.25. The minimum absolute atomic E-state index is 0.0385. The fourth-order valence-electron chi connectivity index (χ4n) is 2.74. The number of nitrogens with zero attached hydrogens (tertiary/aromatic N) is 2. The molecule has 0 fully saturated rings. The van der Waals surface area contributed by atoms with E-state index in [1.807, 2.05) is 6.07 Å². The second-order valence-corrected chi connectivity index (χ2v) is 6.04. The van der Waals surface area contributed by atoms with Gasteiger partial charge < -0.3 is 10.3 Å². The molecule has 3 aromatic rings. The van der Waals surface area contributed by atoms with Gasteiger partial charge in [-0.3, -0.25) is 0 Å². The van der Waals surface area contributed by atoms with Crippen LogP contribution in [-0.2, 0) is 6.42 Å². The SMILES string of the molecule is CCc1nc2ccccc2n1C(c1cccs1)C(C)N. The van der Waals surface area contributed by atoms with Gasteiger partial charge in [0.1, 0.15) is 5.82 Å². The second kappa shape index (κ2) is 5.38. The Hall–Kier alpha value is -1.65. The predicted octanol–water partition coefficient (Wildman–Crippen LogP) is 3.60. The molecule has 0 saturated carbocycles. The number of aryl methyl sites for hydroxylation is 1. The molecule has 3 rings (SSSR count). The van der Waals surface area contributed by atoms with Gasteiger partial charge in [0, 0.05) is 17.3 Å². The predicted molar refractivity (Wildman–Crippen MR) is 85.2 cm³/mol. The number of fused-ring (bicyclic) bond motifs is 1. The van der Waals surface area contributed by atoms with Gasteiger partial charge in [0.05, 0.1) is 17.1 Å². The minimum Gasteiger partial charge on any atom is -0.326 e. The Morgan fingerprint density at radius 2 is 2.05 bits per heavy atom. The van der Waals surface area contributed by atoms with E-state index in [1.165, 1.54) is 10.4 Å². The molecule has 0 amide bonds. The largest absolute Gasteiger partial charge is 0.326 e. The smallest absolute Gasteiger partial charge is 0.110 e. The molecule has 0 saturated heterocycles. The van der Waals surface area contributed by atoms with Crippen molar-refractivity contribution in [3.05, 3.63) is 52.5 Å². The summed E-state index contributed by atoms with van der Waals surface area (Å²) in [7, 11) is 0. The molecule has 0 aliphatic carbocycles. The summed E-state index contributed by atoms with van der Waals surface area (Å²) in [5, 5.41) is 2.11. The van der Waals surface area contributed by atoms with E-state index in [9.17, 15) is 0 Å². The average Bonchev–Trinajstić information content (AvgIpc) is 3.07. The summed E-state index contributed by atoms with van der Waals surface area (Å²) in [6, 6.07) is 12.7.